The van der Waals surface area contributed by atoms with Crippen LogP contribution in [0.5, 0.6) is 5.75 Å². The van der Waals surface area contributed by atoms with Crippen LogP contribution in [0.3, 0.4) is 0 Å². The van der Waals surface area contributed by atoms with Gasteiger partial charge in [0, 0.05) is 18.1 Å². The van der Waals surface area contributed by atoms with Crippen molar-refractivity contribution in [1.82, 2.24) is 10.2 Å². The Morgan fingerprint density at radius 1 is 1.35 bits per heavy atom. The van der Waals surface area contributed by atoms with Gasteiger partial charge in [-0.25, -0.2) is 0 Å². The Bertz CT molecular complexity index is 629. The fraction of sp³-hybridized carbons (Fsp3) is 0.438. The number of ketones is 1. The summed E-state index contributed by atoms with van der Waals surface area (Å²) in [5, 5.41) is 3.23. The highest BCUT2D eigenvalue weighted by molar-refractivity contribution is 6.31. The van der Waals surface area contributed by atoms with Crippen molar-refractivity contribution in [3.8, 4) is 5.75 Å². The molecule has 2 amide bonds. The molecule has 1 fully saturated rings. The van der Waals surface area contributed by atoms with Crippen molar-refractivity contribution in [3.05, 3.63) is 28.8 Å². The summed E-state index contributed by atoms with van der Waals surface area (Å²) in [5.41, 5.74) is 0.319. The van der Waals surface area contributed by atoms with E-state index in [0.29, 0.717) is 16.3 Å². The van der Waals surface area contributed by atoms with Crippen LogP contribution in [0.1, 0.15) is 30.1 Å². The molecule has 0 heterocycles. The second kappa shape index (κ2) is 7.46. The summed E-state index contributed by atoms with van der Waals surface area (Å²) in [6.07, 6.45) is 1.99. The zero-order valence-electron chi connectivity index (χ0n) is 13.1. The Kier molecular flexibility index (Phi) is 5.60. The molecule has 0 bridgehead atoms. The van der Waals surface area contributed by atoms with Crippen LogP contribution in [0.15, 0.2) is 18.2 Å². The number of ether oxygens (including phenoxy) is 1. The summed E-state index contributed by atoms with van der Waals surface area (Å²) in [5.74, 6) is -0.433. The minimum atomic E-state index is -0.347. The third-order valence-corrected chi connectivity index (χ3v) is 3.66. The van der Waals surface area contributed by atoms with Gasteiger partial charge < -0.3 is 15.0 Å². The molecule has 1 N–H and O–H groups in total. The van der Waals surface area contributed by atoms with Crippen molar-refractivity contribution in [2.45, 2.75) is 25.8 Å². The number of Topliss-reactive ketones (excluding diaryl/α,β-unsaturated/α-hetero) is 1. The fourth-order valence-electron chi connectivity index (χ4n) is 1.96. The van der Waals surface area contributed by atoms with Crippen LogP contribution in [0.4, 0.5) is 0 Å². The van der Waals surface area contributed by atoms with Crippen LogP contribution in [0.25, 0.3) is 0 Å². The summed E-state index contributed by atoms with van der Waals surface area (Å²) in [7, 11) is 1.53. The number of rotatable bonds is 7. The van der Waals surface area contributed by atoms with Gasteiger partial charge in [0.05, 0.1) is 12.1 Å². The van der Waals surface area contributed by atoms with Crippen LogP contribution < -0.4 is 10.1 Å². The van der Waals surface area contributed by atoms with Crippen molar-refractivity contribution in [2.24, 2.45) is 0 Å². The lowest BCUT2D eigenvalue weighted by molar-refractivity contribution is -0.136. The standard InChI is InChI=1S/C16H19ClN2O4/c1-10(20)13-7-11(17)3-6-14(13)23-9-16(22)19(2)8-15(21)18-12-4-5-12/h3,6-7,12H,4-5,8-9H2,1-2H3,(H,18,21). The Hall–Kier alpha value is -2.08. The molecule has 0 spiro atoms. The minimum Gasteiger partial charge on any atom is -0.483 e. The van der Waals surface area contributed by atoms with E-state index < -0.39 is 0 Å². The molecular weight excluding hydrogens is 320 g/mol. The highest BCUT2D eigenvalue weighted by Gasteiger charge is 2.24. The lowest BCUT2D eigenvalue weighted by Crippen LogP contribution is -2.41. The predicted octanol–water partition coefficient (Wildman–Crippen LogP) is 1.66. The van der Waals surface area contributed by atoms with E-state index in [4.69, 9.17) is 16.3 Å². The van der Waals surface area contributed by atoms with Gasteiger partial charge in [-0.05, 0) is 38.0 Å². The third kappa shape index (κ3) is 5.25. The lowest BCUT2D eigenvalue weighted by Gasteiger charge is -2.17. The van der Waals surface area contributed by atoms with Crippen LogP contribution in [0.2, 0.25) is 5.02 Å². The lowest BCUT2D eigenvalue weighted by atomic mass is 10.1. The first-order valence-electron chi connectivity index (χ1n) is 7.33. The van der Waals surface area contributed by atoms with Gasteiger partial charge in [-0.2, -0.15) is 0 Å². The van der Waals surface area contributed by atoms with Gasteiger partial charge >= 0.3 is 0 Å². The Labute approximate surface area is 139 Å². The van der Waals surface area contributed by atoms with E-state index in [1.165, 1.54) is 24.9 Å². The minimum absolute atomic E-state index is 0.0150. The summed E-state index contributed by atoms with van der Waals surface area (Å²) in [6.45, 7) is 1.13. The SMILES string of the molecule is CC(=O)c1cc(Cl)ccc1OCC(=O)N(C)CC(=O)NC1CC1. The van der Waals surface area contributed by atoms with E-state index in [9.17, 15) is 14.4 Å². The fourth-order valence-corrected chi connectivity index (χ4v) is 2.13. The molecule has 0 aromatic heterocycles. The number of hydrogen-bond acceptors (Lipinski definition) is 4. The smallest absolute Gasteiger partial charge is 0.260 e. The summed E-state index contributed by atoms with van der Waals surface area (Å²) in [6, 6.07) is 4.89. The molecule has 0 aliphatic heterocycles. The predicted molar refractivity (Wildman–Crippen MR) is 85.8 cm³/mol. The number of benzene rings is 1. The molecule has 0 atom stereocenters. The van der Waals surface area contributed by atoms with Crippen LogP contribution in [-0.4, -0.2) is 48.7 Å². The molecule has 0 radical (unpaired) electrons. The van der Waals surface area contributed by atoms with Crippen molar-refractivity contribution >= 4 is 29.2 Å². The maximum Gasteiger partial charge on any atom is 0.260 e. The average Bonchev–Trinajstić information content (AvgIpc) is 3.28. The molecule has 0 saturated heterocycles. The first kappa shape index (κ1) is 17.3. The van der Waals surface area contributed by atoms with E-state index in [1.807, 2.05) is 0 Å². The molecule has 6 nitrogen and oxygen atoms in total. The Morgan fingerprint density at radius 3 is 2.65 bits per heavy atom. The van der Waals surface area contributed by atoms with Crippen molar-refractivity contribution in [1.29, 1.82) is 0 Å². The number of halogens is 1. The summed E-state index contributed by atoms with van der Waals surface area (Å²) >= 11 is 5.85. The molecule has 124 valence electrons. The molecular formula is C16H19ClN2O4. The molecule has 1 aliphatic rings. The van der Waals surface area contributed by atoms with Crippen molar-refractivity contribution < 1.29 is 19.1 Å². The van der Waals surface area contributed by atoms with Crippen molar-refractivity contribution in [2.75, 3.05) is 20.2 Å². The van der Waals surface area contributed by atoms with Gasteiger partial charge in [-0.1, -0.05) is 11.6 Å². The number of likely N-dealkylation sites (N-methyl/N-ethyl adjacent to an activating group) is 1. The van der Waals surface area contributed by atoms with Gasteiger partial charge in [0.15, 0.2) is 12.4 Å². The maximum atomic E-state index is 12.0. The Balaban J connectivity index is 1.88. The maximum absolute atomic E-state index is 12.0. The number of carbonyl (C=O) groups excluding carboxylic acids is 3. The van der Waals surface area contributed by atoms with E-state index in [0.717, 1.165) is 12.8 Å². The number of hydrogen-bond donors (Lipinski definition) is 1. The molecule has 1 saturated carbocycles. The Morgan fingerprint density at radius 2 is 2.04 bits per heavy atom. The monoisotopic (exact) mass is 338 g/mol. The van der Waals surface area contributed by atoms with Gasteiger partial charge in [0.1, 0.15) is 5.75 Å². The second-order valence-electron chi connectivity index (χ2n) is 5.58. The highest BCUT2D eigenvalue weighted by atomic mass is 35.5. The van der Waals surface area contributed by atoms with E-state index in [1.54, 1.807) is 12.1 Å². The largest absolute Gasteiger partial charge is 0.483 e. The quantitative estimate of drug-likeness (QED) is 0.767. The second-order valence-corrected chi connectivity index (χ2v) is 6.01. The molecule has 7 heteroatoms. The zero-order valence-corrected chi connectivity index (χ0v) is 13.9. The molecule has 23 heavy (non-hydrogen) atoms. The number of carbonyl (C=O) groups is 3. The van der Waals surface area contributed by atoms with Gasteiger partial charge in [-0.15, -0.1) is 0 Å². The van der Waals surface area contributed by atoms with Gasteiger partial charge in [0.25, 0.3) is 5.91 Å². The van der Waals surface area contributed by atoms with E-state index in [2.05, 4.69) is 5.32 Å². The first-order valence-corrected chi connectivity index (χ1v) is 7.71. The number of amides is 2. The van der Waals surface area contributed by atoms with Gasteiger partial charge in [0.2, 0.25) is 5.91 Å². The summed E-state index contributed by atoms with van der Waals surface area (Å²) in [4.78, 5) is 36.5. The molecule has 1 aromatic carbocycles. The number of nitrogens with one attached hydrogen (secondary N) is 1. The highest BCUT2D eigenvalue weighted by Crippen LogP contribution is 2.23. The summed E-state index contributed by atoms with van der Waals surface area (Å²) < 4.78 is 5.41. The van der Waals surface area contributed by atoms with Crippen LogP contribution in [-0.2, 0) is 9.59 Å². The molecule has 1 aromatic rings. The van der Waals surface area contributed by atoms with Crippen LogP contribution >= 0.6 is 11.6 Å². The van der Waals surface area contributed by atoms with Gasteiger partial charge in [-0.3, -0.25) is 14.4 Å². The van der Waals surface area contributed by atoms with E-state index >= 15 is 0 Å². The average molecular weight is 339 g/mol. The zero-order chi connectivity index (χ0) is 17.0. The third-order valence-electron chi connectivity index (χ3n) is 3.42. The normalized spacial score (nSPS) is 13.3. The first-order chi connectivity index (χ1) is 10.9. The topological polar surface area (TPSA) is 75.7 Å². The molecule has 2 rings (SSSR count). The molecule has 1 aliphatic carbocycles. The van der Waals surface area contributed by atoms with Crippen LogP contribution in [0, 0.1) is 0 Å². The van der Waals surface area contributed by atoms with E-state index in [-0.39, 0.29) is 36.8 Å². The van der Waals surface area contributed by atoms with Crippen molar-refractivity contribution in [3.63, 3.8) is 0 Å². The molecule has 0 unspecified atom stereocenters. The number of nitrogens with zero attached hydrogens (tertiary/aromatic N) is 1.